The monoisotopic (exact) mass is 459 g/mol. The fraction of sp³-hybridized carbons (Fsp3) is 0.519. The van der Waals surface area contributed by atoms with Crippen LogP contribution in [0.3, 0.4) is 0 Å². The molecule has 34 heavy (non-hydrogen) atoms. The maximum atomic E-state index is 5.28. The lowest BCUT2D eigenvalue weighted by Crippen LogP contribution is -2.58. The average molecular weight is 460 g/mol. The van der Waals surface area contributed by atoms with E-state index in [1.165, 1.54) is 11.1 Å². The van der Waals surface area contributed by atoms with Gasteiger partial charge < -0.3 is 9.88 Å². The zero-order valence-corrected chi connectivity index (χ0v) is 21.7. The molecule has 5 heterocycles. The second-order valence-corrected chi connectivity index (χ2v) is 10.6. The smallest absolute Gasteiger partial charge is 0.158 e. The van der Waals surface area contributed by atoms with Gasteiger partial charge in [0.05, 0.1) is 16.7 Å². The first-order valence-electron chi connectivity index (χ1n) is 12.5. The molecule has 5 rings (SSSR count). The summed E-state index contributed by atoms with van der Waals surface area (Å²) in [4.78, 5) is 18.5. The van der Waals surface area contributed by atoms with Gasteiger partial charge in [0.2, 0.25) is 0 Å². The van der Waals surface area contributed by atoms with Crippen LogP contribution in [0.25, 0.3) is 27.9 Å². The van der Waals surface area contributed by atoms with Gasteiger partial charge in [-0.1, -0.05) is 13.8 Å². The van der Waals surface area contributed by atoms with E-state index >= 15 is 0 Å². The standard InChI is InChI=1S/C27H37N7/c1-15(2)24-25(21-13-33-27(28-14-29-33)20(8)19(21)7)30-22-9-10-23(31-26(22)24)34-17(5)11-32(16(3)4)12-18(34)6/h9-10,13-18,30H,11-12H2,1-8H3/t17-,18-/m1/s1. The number of anilines is 1. The molecule has 0 aliphatic carbocycles. The summed E-state index contributed by atoms with van der Waals surface area (Å²) in [5, 5.41) is 4.41. The molecule has 0 aromatic carbocycles. The Morgan fingerprint density at radius 2 is 1.71 bits per heavy atom. The molecule has 0 unspecified atom stereocenters. The van der Waals surface area contributed by atoms with Crippen molar-refractivity contribution < 1.29 is 0 Å². The van der Waals surface area contributed by atoms with Gasteiger partial charge in [0.15, 0.2) is 5.65 Å². The van der Waals surface area contributed by atoms with E-state index in [9.17, 15) is 0 Å². The van der Waals surface area contributed by atoms with Crippen LogP contribution in [-0.2, 0) is 0 Å². The maximum Gasteiger partial charge on any atom is 0.158 e. The fourth-order valence-electron chi connectivity index (χ4n) is 5.68. The van der Waals surface area contributed by atoms with Gasteiger partial charge in [-0.3, -0.25) is 4.90 Å². The van der Waals surface area contributed by atoms with E-state index in [-0.39, 0.29) is 0 Å². The number of aromatic amines is 1. The molecule has 0 bridgehead atoms. The summed E-state index contributed by atoms with van der Waals surface area (Å²) in [6.45, 7) is 20.1. The zero-order valence-electron chi connectivity index (χ0n) is 21.7. The van der Waals surface area contributed by atoms with Crippen LogP contribution in [0.2, 0.25) is 0 Å². The molecule has 4 aromatic rings. The number of pyridine rings is 2. The van der Waals surface area contributed by atoms with Gasteiger partial charge in [-0.05, 0) is 70.7 Å². The van der Waals surface area contributed by atoms with Crippen molar-refractivity contribution in [2.45, 2.75) is 79.4 Å². The minimum Gasteiger partial charge on any atom is -0.353 e. The number of aromatic nitrogens is 5. The van der Waals surface area contributed by atoms with Gasteiger partial charge in [-0.15, -0.1) is 0 Å². The van der Waals surface area contributed by atoms with Crippen molar-refractivity contribution in [3.8, 4) is 11.3 Å². The molecule has 4 aromatic heterocycles. The van der Waals surface area contributed by atoms with Crippen molar-refractivity contribution in [3.05, 3.63) is 41.3 Å². The van der Waals surface area contributed by atoms with Crippen LogP contribution >= 0.6 is 0 Å². The van der Waals surface area contributed by atoms with E-state index in [0.29, 0.717) is 24.0 Å². The number of nitrogens with zero attached hydrogens (tertiary/aromatic N) is 6. The molecule has 0 amide bonds. The van der Waals surface area contributed by atoms with E-state index in [4.69, 9.17) is 4.98 Å². The molecule has 0 spiro atoms. The number of hydrogen-bond donors (Lipinski definition) is 1. The number of nitrogens with one attached hydrogen (secondary N) is 1. The lowest BCUT2D eigenvalue weighted by atomic mass is 9.95. The highest BCUT2D eigenvalue weighted by Gasteiger charge is 2.32. The number of rotatable bonds is 4. The highest BCUT2D eigenvalue weighted by atomic mass is 15.3. The molecule has 1 aliphatic rings. The molecule has 1 aliphatic heterocycles. The first-order chi connectivity index (χ1) is 16.2. The van der Waals surface area contributed by atoms with Crippen LogP contribution in [0.4, 0.5) is 5.82 Å². The summed E-state index contributed by atoms with van der Waals surface area (Å²) >= 11 is 0. The van der Waals surface area contributed by atoms with Crippen LogP contribution in [0, 0.1) is 13.8 Å². The predicted octanol–water partition coefficient (Wildman–Crippen LogP) is 5.32. The second kappa shape index (κ2) is 8.38. The summed E-state index contributed by atoms with van der Waals surface area (Å²) in [5.74, 6) is 1.40. The van der Waals surface area contributed by atoms with E-state index in [0.717, 1.165) is 52.4 Å². The third-order valence-corrected chi connectivity index (χ3v) is 7.58. The molecule has 1 saturated heterocycles. The predicted molar refractivity (Wildman–Crippen MR) is 140 cm³/mol. The van der Waals surface area contributed by atoms with Crippen LogP contribution in [0.5, 0.6) is 0 Å². The van der Waals surface area contributed by atoms with Gasteiger partial charge in [0.25, 0.3) is 0 Å². The summed E-state index contributed by atoms with van der Waals surface area (Å²) in [5.41, 5.74) is 9.00. The molecule has 0 saturated carbocycles. The Labute approximate surface area is 202 Å². The van der Waals surface area contributed by atoms with Crippen LogP contribution in [0.15, 0.2) is 24.7 Å². The lowest BCUT2D eigenvalue weighted by molar-refractivity contribution is 0.161. The highest BCUT2D eigenvalue weighted by molar-refractivity contribution is 5.90. The average Bonchev–Trinajstić information content (AvgIpc) is 3.39. The number of fused-ring (bicyclic) bond motifs is 2. The summed E-state index contributed by atoms with van der Waals surface area (Å²) in [6, 6.07) is 5.78. The number of aryl methyl sites for hydroxylation is 1. The Balaban J connectivity index is 1.64. The molecule has 2 atom stereocenters. The van der Waals surface area contributed by atoms with Crippen molar-refractivity contribution >= 4 is 22.5 Å². The third-order valence-electron chi connectivity index (χ3n) is 7.58. The van der Waals surface area contributed by atoms with E-state index < -0.39 is 0 Å². The summed E-state index contributed by atoms with van der Waals surface area (Å²) in [6.07, 6.45) is 3.72. The number of hydrogen-bond acceptors (Lipinski definition) is 5. The van der Waals surface area contributed by atoms with Crippen LogP contribution in [0.1, 0.15) is 64.2 Å². The van der Waals surface area contributed by atoms with Crippen LogP contribution < -0.4 is 4.90 Å². The van der Waals surface area contributed by atoms with Gasteiger partial charge >= 0.3 is 0 Å². The number of H-pyrrole nitrogens is 1. The van der Waals surface area contributed by atoms with Crippen molar-refractivity contribution in [1.82, 2.24) is 29.5 Å². The topological polar surface area (TPSA) is 65.4 Å². The molecular weight excluding hydrogens is 422 g/mol. The largest absolute Gasteiger partial charge is 0.353 e. The van der Waals surface area contributed by atoms with Gasteiger partial charge in [-0.25, -0.2) is 14.5 Å². The Kier molecular flexibility index (Phi) is 5.63. The first kappa shape index (κ1) is 22.8. The van der Waals surface area contributed by atoms with Gasteiger partial charge in [0, 0.05) is 48.5 Å². The lowest BCUT2D eigenvalue weighted by Gasteiger charge is -2.46. The molecule has 1 fully saturated rings. The molecule has 180 valence electrons. The van der Waals surface area contributed by atoms with Crippen LogP contribution in [-0.4, -0.2) is 60.7 Å². The normalized spacial score (nSPS) is 19.9. The quantitative estimate of drug-likeness (QED) is 0.447. The van der Waals surface area contributed by atoms with Crippen molar-refractivity contribution in [1.29, 1.82) is 0 Å². The molecule has 7 nitrogen and oxygen atoms in total. The minimum absolute atomic E-state index is 0.324. The van der Waals surface area contributed by atoms with Gasteiger partial charge in [0.1, 0.15) is 12.1 Å². The van der Waals surface area contributed by atoms with E-state index in [1.54, 1.807) is 6.33 Å². The maximum absolute atomic E-state index is 5.28. The Morgan fingerprint density at radius 3 is 2.35 bits per heavy atom. The zero-order chi connectivity index (χ0) is 24.3. The summed E-state index contributed by atoms with van der Waals surface area (Å²) in [7, 11) is 0. The Hall–Kier alpha value is -2.93. The van der Waals surface area contributed by atoms with E-state index in [1.807, 2.05) is 4.52 Å². The third kappa shape index (κ3) is 3.57. The number of piperazine rings is 1. The van der Waals surface area contributed by atoms with Crippen molar-refractivity contribution in [3.63, 3.8) is 0 Å². The van der Waals surface area contributed by atoms with Crippen molar-refractivity contribution in [2.75, 3.05) is 18.0 Å². The van der Waals surface area contributed by atoms with E-state index in [2.05, 4.69) is 98.6 Å². The first-order valence-corrected chi connectivity index (χ1v) is 12.5. The Bertz CT molecular complexity index is 1330. The Morgan fingerprint density at radius 1 is 1.00 bits per heavy atom. The molecule has 1 N–H and O–H groups in total. The fourth-order valence-corrected chi connectivity index (χ4v) is 5.68. The van der Waals surface area contributed by atoms with Crippen molar-refractivity contribution in [2.24, 2.45) is 0 Å². The molecule has 7 heteroatoms. The SMILES string of the molecule is Cc1c(-c2[nH]c3ccc(N4[C@H](C)CN(C(C)C)C[C@H]4C)nc3c2C(C)C)cn2ncnc2c1C. The second-order valence-electron chi connectivity index (χ2n) is 10.6. The van der Waals surface area contributed by atoms with Gasteiger partial charge in [-0.2, -0.15) is 5.10 Å². The highest BCUT2D eigenvalue weighted by Crippen LogP contribution is 2.38. The molecule has 0 radical (unpaired) electrons. The molecular formula is C27H37N7. The minimum atomic E-state index is 0.324. The summed E-state index contributed by atoms with van der Waals surface area (Å²) < 4.78 is 1.88.